The Balaban J connectivity index is 1.58. The minimum absolute atomic E-state index is 0.0811. The second-order valence-corrected chi connectivity index (χ2v) is 8.47. The third-order valence-corrected chi connectivity index (χ3v) is 7.26. The van der Waals surface area contributed by atoms with Gasteiger partial charge in [0.05, 0.1) is 17.5 Å². The van der Waals surface area contributed by atoms with Crippen LogP contribution in [0.1, 0.15) is 24.0 Å². The molecule has 2 aromatic rings. The molecule has 6 heteroatoms. The summed E-state index contributed by atoms with van der Waals surface area (Å²) in [5.41, 5.74) is 1.99. The number of para-hydroxylation sites is 2. The number of aryl methyl sites for hydroxylation is 1. The van der Waals surface area contributed by atoms with E-state index in [0.717, 1.165) is 36.2 Å². The van der Waals surface area contributed by atoms with Crippen molar-refractivity contribution in [2.24, 2.45) is 11.8 Å². The Morgan fingerprint density at radius 1 is 1.00 bits per heavy atom. The van der Waals surface area contributed by atoms with Crippen molar-refractivity contribution in [3.05, 3.63) is 59.7 Å². The number of benzene rings is 2. The zero-order valence-electron chi connectivity index (χ0n) is 16.1. The van der Waals surface area contributed by atoms with Crippen LogP contribution in [0.15, 0.2) is 48.5 Å². The molecule has 0 aromatic heterocycles. The van der Waals surface area contributed by atoms with Crippen LogP contribution in [0.25, 0.3) is 0 Å². The second kappa shape index (κ2) is 5.54. The summed E-state index contributed by atoms with van der Waals surface area (Å²) in [6, 6.07) is 15.0. The zero-order chi connectivity index (χ0) is 19.9. The molecule has 1 spiro atoms. The first-order valence-electron chi connectivity index (χ1n) is 10.2. The molecule has 4 heterocycles. The maximum atomic E-state index is 13.8. The van der Waals surface area contributed by atoms with E-state index >= 15 is 0 Å². The van der Waals surface area contributed by atoms with Gasteiger partial charge in [-0.3, -0.25) is 19.3 Å². The van der Waals surface area contributed by atoms with Gasteiger partial charge in [-0.2, -0.15) is 0 Å². The lowest BCUT2D eigenvalue weighted by molar-refractivity contribution is -0.135. The Hall–Kier alpha value is -2.99. The van der Waals surface area contributed by atoms with E-state index in [2.05, 4.69) is 10.2 Å². The molecule has 3 saturated heterocycles. The highest BCUT2D eigenvalue weighted by atomic mass is 16.2. The standard InChI is InChI=1S/C23H21N3O3/c1-13-7-2-5-10-16(13)26-20(27)18-17-11-6-12-25(17)23(19(18)21(26)28)14-8-3-4-9-15(14)24-22(23)29/h2-5,7-10,17-19H,6,11-12H2,1H3,(H,24,29)/t17-,18+,19+,23-/m1/s1. The average molecular weight is 387 g/mol. The smallest absolute Gasteiger partial charge is 0.250 e. The number of fused-ring (bicyclic) bond motifs is 7. The van der Waals surface area contributed by atoms with Crippen molar-refractivity contribution in [3.8, 4) is 0 Å². The molecule has 0 unspecified atom stereocenters. The Bertz CT molecular complexity index is 1100. The Morgan fingerprint density at radius 3 is 2.59 bits per heavy atom. The number of hydrogen-bond acceptors (Lipinski definition) is 4. The summed E-state index contributed by atoms with van der Waals surface area (Å²) in [4.78, 5) is 44.4. The molecule has 0 aliphatic carbocycles. The van der Waals surface area contributed by atoms with Gasteiger partial charge in [0.1, 0.15) is 5.54 Å². The molecular formula is C23H21N3O3. The van der Waals surface area contributed by atoms with Crippen LogP contribution in [0.2, 0.25) is 0 Å². The van der Waals surface area contributed by atoms with E-state index in [1.54, 1.807) is 0 Å². The van der Waals surface area contributed by atoms with Crippen molar-refractivity contribution in [2.45, 2.75) is 31.3 Å². The molecule has 6 rings (SSSR count). The summed E-state index contributed by atoms with van der Waals surface area (Å²) in [7, 11) is 0. The molecule has 0 saturated carbocycles. The van der Waals surface area contributed by atoms with Gasteiger partial charge in [0.15, 0.2) is 0 Å². The Kier molecular flexibility index (Phi) is 3.23. The van der Waals surface area contributed by atoms with Crippen molar-refractivity contribution >= 4 is 29.1 Å². The first-order valence-corrected chi connectivity index (χ1v) is 10.2. The van der Waals surface area contributed by atoms with Gasteiger partial charge in [0.25, 0.3) is 0 Å². The van der Waals surface area contributed by atoms with E-state index in [1.165, 1.54) is 4.90 Å². The number of nitrogens with one attached hydrogen (secondary N) is 1. The van der Waals surface area contributed by atoms with Crippen LogP contribution >= 0.6 is 0 Å². The third kappa shape index (κ3) is 1.83. The summed E-state index contributed by atoms with van der Waals surface area (Å²) in [5.74, 6) is -1.77. The van der Waals surface area contributed by atoms with E-state index < -0.39 is 17.4 Å². The molecule has 0 radical (unpaired) electrons. The van der Waals surface area contributed by atoms with Gasteiger partial charge in [-0.1, -0.05) is 36.4 Å². The van der Waals surface area contributed by atoms with Crippen LogP contribution in [0.4, 0.5) is 11.4 Å². The molecule has 3 amide bonds. The Morgan fingerprint density at radius 2 is 1.76 bits per heavy atom. The van der Waals surface area contributed by atoms with Crippen LogP contribution in [0, 0.1) is 18.8 Å². The highest BCUT2D eigenvalue weighted by Gasteiger charge is 2.74. The largest absolute Gasteiger partial charge is 0.324 e. The SMILES string of the molecule is Cc1ccccc1N1C(=O)[C@H]2[C@H]3CCCN3[C@@]3(C(=O)Nc4ccccc43)[C@@H]2C1=O. The molecule has 4 atom stereocenters. The van der Waals surface area contributed by atoms with Gasteiger partial charge in [-0.15, -0.1) is 0 Å². The van der Waals surface area contributed by atoms with Crippen molar-refractivity contribution in [1.29, 1.82) is 0 Å². The average Bonchev–Trinajstić information content (AvgIpc) is 3.41. The summed E-state index contributed by atoms with van der Waals surface area (Å²) in [5, 5.41) is 2.99. The van der Waals surface area contributed by atoms with E-state index in [0.29, 0.717) is 5.69 Å². The molecule has 4 aliphatic heterocycles. The summed E-state index contributed by atoms with van der Waals surface area (Å²) in [6.45, 7) is 2.63. The number of carbonyl (C=O) groups is 3. The number of carbonyl (C=O) groups excluding carboxylic acids is 3. The molecule has 6 nitrogen and oxygen atoms in total. The molecule has 4 aliphatic rings. The van der Waals surface area contributed by atoms with E-state index in [-0.39, 0.29) is 23.8 Å². The molecular weight excluding hydrogens is 366 g/mol. The first-order chi connectivity index (χ1) is 14.1. The van der Waals surface area contributed by atoms with Gasteiger partial charge in [0.2, 0.25) is 17.7 Å². The van der Waals surface area contributed by atoms with Crippen LogP contribution in [0.5, 0.6) is 0 Å². The van der Waals surface area contributed by atoms with Gasteiger partial charge in [-0.05, 0) is 44.0 Å². The van der Waals surface area contributed by atoms with Crippen LogP contribution in [0.3, 0.4) is 0 Å². The number of hydrogen-bond donors (Lipinski definition) is 1. The molecule has 1 N–H and O–H groups in total. The van der Waals surface area contributed by atoms with Gasteiger partial charge < -0.3 is 5.32 Å². The number of anilines is 2. The predicted molar refractivity (Wildman–Crippen MR) is 107 cm³/mol. The van der Waals surface area contributed by atoms with E-state index in [1.807, 2.05) is 55.5 Å². The zero-order valence-corrected chi connectivity index (χ0v) is 16.1. The number of amides is 3. The van der Waals surface area contributed by atoms with Crippen molar-refractivity contribution in [3.63, 3.8) is 0 Å². The molecule has 3 fully saturated rings. The predicted octanol–water partition coefficient (Wildman–Crippen LogP) is 2.43. The van der Waals surface area contributed by atoms with Crippen LogP contribution in [-0.2, 0) is 19.9 Å². The lowest BCUT2D eigenvalue weighted by Gasteiger charge is -2.36. The number of imide groups is 1. The van der Waals surface area contributed by atoms with Crippen LogP contribution in [-0.4, -0.2) is 35.2 Å². The third-order valence-electron chi connectivity index (χ3n) is 7.26. The summed E-state index contributed by atoms with van der Waals surface area (Å²) < 4.78 is 0. The fraction of sp³-hybridized carbons (Fsp3) is 0.348. The second-order valence-electron chi connectivity index (χ2n) is 8.47. The normalized spacial score (nSPS) is 32.7. The fourth-order valence-electron chi connectivity index (χ4n) is 6.21. The van der Waals surface area contributed by atoms with Crippen molar-refractivity contribution < 1.29 is 14.4 Å². The monoisotopic (exact) mass is 387 g/mol. The van der Waals surface area contributed by atoms with E-state index in [9.17, 15) is 14.4 Å². The van der Waals surface area contributed by atoms with Crippen LogP contribution < -0.4 is 10.2 Å². The van der Waals surface area contributed by atoms with Crippen molar-refractivity contribution in [1.82, 2.24) is 4.90 Å². The van der Waals surface area contributed by atoms with Gasteiger partial charge in [-0.25, -0.2) is 4.90 Å². The number of nitrogens with zero attached hydrogens (tertiary/aromatic N) is 2. The maximum Gasteiger partial charge on any atom is 0.250 e. The van der Waals surface area contributed by atoms with Crippen molar-refractivity contribution in [2.75, 3.05) is 16.8 Å². The lowest BCUT2D eigenvalue weighted by Crippen LogP contribution is -2.54. The van der Waals surface area contributed by atoms with Gasteiger partial charge in [0, 0.05) is 17.3 Å². The number of rotatable bonds is 1. The Labute approximate surface area is 168 Å². The fourth-order valence-corrected chi connectivity index (χ4v) is 6.21. The topological polar surface area (TPSA) is 69.7 Å². The molecule has 0 bridgehead atoms. The highest BCUT2D eigenvalue weighted by molar-refractivity contribution is 6.26. The highest BCUT2D eigenvalue weighted by Crippen LogP contribution is 2.60. The molecule has 2 aromatic carbocycles. The first kappa shape index (κ1) is 16.9. The minimum Gasteiger partial charge on any atom is -0.324 e. The van der Waals surface area contributed by atoms with E-state index in [4.69, 9.17) is 0 Å². The minimum atomic E-state index is -1.09. The maximum absolute atomic E-state index is 13.8. The summed E-state index contributed by atoms with van der Waals surface area (Å²) in [6.07, 6.45) is 1.76. The lowest BCUT2D eigenvalue weighted by atomic mass is 9.75. The quantitative estimate of drug-likeness (QED) is 0.763. The molecule has 146 valence electrons. The molecule has 29 heavy (non-hydrogen) atoms. The summed E-state index contributed by atoms with van der Waals surface area (Å²) >= 11 is 0. The van der Waals surface area contributed by atoms with Gasteiger partial charge >= 0.3 is 0 Å².